The normalized spacial score (nSPS) is 21.6. The van der Waals surface area contributed by atoms with E-state index in [1.807, 2.05) is 24.3 Å². The highest BCUT2D eigenvalue weighted by Crippen LogP contribution is 2.35. The molecule has 9 heteroatoms. The van der Waals surface area contributed by atoms with Crippen molar-refractivity contribution >= 4 is 35.1 Å². The lowest BCUT2D eigenvalue weighted by Gasteiger charge is -2.27. The summed E-state index contributed by atoms with van der Waals surface area (Å²) in [5.74, 6) is -1.09. The van der Waals surface area contributed by atoms with Gasteiger partial charge in [-0.05, 0) is 94.5 Å². The number of nitrogens with one attached hydrogen (secondary N) is 2. The standard InChI is InChI=1S/C35H47N3O6/c1-3-5-21-43-34(41)26-14-10-24(11-15-26)32(39)37-28-18-19-31(29(23-28)30-9-7-8-20-36-30)38-33(40)25-12-16-27(17-13-25)35(42)44-22-6-4-2/h7-9,18-20,23-27H,3-6,10-17,21-22H2,1-2H3,(H,37,39)(H,38,40). The van der Waals surface area contributed by atoms with Crippen LogP contribution in [0.25, 0.3) is 11.3 Å². The average molecular weight is 606 g/mol. The number of hydrogen-bond donors (Lipinski definition) is 2. The van der Waals surface area contributed by atoms with E-state index in [2.05, 4.69) is 29.5 Å². The second-order valence-electron chi connectivity index (χ2n) is 12.1. The van der Waals surface area contributed by atoms with Crippen LogP contribution in [0.15, 0.2) is 42.6 Å². The van der Waals surface area contributed by atoms with Crippen molar-refractivity contribution in [3.8, 4) is 11.3 Å². The number of esters is 2. The molecule has 9 nitrogen and oxygen atoms in total. The molecular formula is C35H47N3O6. The minimum absolute atomic E-state index is 0.0727. The quantitative estimate of drug-likeness (QED) is 0.188. The highest BCUT2D eigenvalue weighted by molar-refractivity contribution is 5.99. The first-order chi connectivity index (χ1) is 21.4. The Morgan fingerprint density at radius 2 is 1.23 bits per heavy atom. The van der Waals surface area contributed by atoms with Gasteiger partial charge in [-0.15, -0.1) is 0 Å². The van der Waals surface area contributed by atoms with E-state index in [0.717, 1.165) is 25.7 Å². The lowest BCUT2D eigenvalue weighted by Crippen LogP contribution is -2.31. The minimum Gasteiger partial charge on any atom is -0.465 e. The van der Waals surface area contributed by atoms with Gasteiger partial charge < -0.3 is 20.1 Å². The highest BCUT2D eigenvalue weighted by atomic mass is 16.5. The van der Waals surface area contributed by atoms with Gasteiger partial charge in [-0.3, -0.25) is 24.2 Å². The fourth-order valence-corrected chi connectivity index (χ4v) is 6.00. The lowest BCUT2D eigenvalue weighted by molar-refractivity contribution is -0.151. The van der Waals surface area contributed by atoms with E-state index in [9.17, 15) is 19.2 Å². The van der Waals surface area contributed by atoms with Crippen LogP contribution in [0.5, 0.6) is 0 Å². The first kappa shape index (κ1) is 33.1. The number of pyridine rings is 1. The number of anilines is 2. The molecule has 2 saturated carbocycles. The van der Waals surface area contributed by atoms with Crippen LogP contribution in [0.3, 0.4) is 0 Å². The Labute approximate surface area is 260 Å². The highest BCUT2D eigenvalue weighted by Gasteiger charge is 2.32. The van der Waals surface area contributed by atoms with Gasteiger partial charge in [-0.2, -0.15) is 0 Å². The molecule has 2 aliphatic carbocycles. The van der Waals surface area contributed by atoms with Gasteiger partial charge in [0.25, 0.3) is 0 Å². The topological polar surface area (TPSA) is 124 Å². The molecule has 1 aromatic heterocycles. The number of rotatable bonds is 13. The van der Waals surface area contributed by atoms with Crippen molar-refractivity contribution in [1.29, 1.82) is 0 Å². The zero-order valence-corrected chi connectivity index (χ0v) is 26.1. The van der Waals surface area contributed by atoms with Gasteiger partial charge in [-0.25, -0.2) is 0 Å². The summed E-state index contributed by atoms with van der Waals surface area (Å²) in [4.78, 5) is 55.7. The summed E-state index contributed by atoms with van der Waals surface area (Å²) in [5.41, 5.74) is 2.63. The summed E-state index contributed by atoms with van der Waals surface area (Å²) in [6, 6.07) is 11.0. The van der Waals surface area contributed by atoms with Crippen molar-refractivity contribution < 1.29 is 28.7 Å². The van der Waals surface area contributed by atoms with Crippen molar-refractivity contribution in [1.82, 2.24) is 4.98 Å². The minimum atomic E-state index is -0.190. The van der Waals surface area contributed by atoms with Gasteiger partial charge in [-0.1, -0.05) is 32.8 Å². The largest absolute Gasteiger partial charge is 0.465 e. The molecule has 0 atom stereocenters. The summed E-state index contributed by atoms with van der Waals surface area (Å²) in [5, 5.41) is 6.14. The maximum atomic E-state index is 13.3. The van der Waals surface area contributed by atoms with Crippen molar-refractivity contribution in [3.05, 3.63) is 42.6 Å². The lowest BCUT2D eigenvalue weighted by atomic mass is 9.81. The van der Waals surface area contributed by atoms with Gasteiger partial charge in [0.1, 0.15) is 0 Å². The van der Waals surface area contributed by atoms with Crippen LogP contribution < -0.4 is 10.6 Å². The maximum absolute atomic E-state index is 13.3. The van der Waals surface area contributed by atoms with E-state index in [0.29, 0.717) is 87.2 Å². The van der Waals surface area contributed by atoms with E-state index in [1.54, 1.807) is 18.3 Å². The number of nitrogens with zero attached hydrogens (tertiary/aromatic N) is 1. The number of carbonyl (C=O) groups is 4. The Kier molecular flexibility index (Phi) is 12.8. The molecule has 0 unspecified atom stereocenters. The number of amides is 2. The summed E-state index contributed by atoms with van der Waals surface area (Å²) >= 11 is 0. The maximum Gasteiger partial charge on any atom is 0.308 e. The molecule has 1 heterocycles. The first-order valence-corrected chi connectivity index (χ1v) is 16.4. The molecule has 0 aliphatic heterocycles. The molecule has 44 heavy (non-hydrogen) atoms. The van der Waals surface area contributed by atoms with Crippen LogP contribution in [-0.2, 0) is 28.7 Å². The summed E-state index contributed by atoms with van der Waals surface area (Å²) in [7, 11) is 0. The molecule has 4 rings (SSSR count). The third kappa shape index (κ3) is 9.37. The van der Waals surface area contributed by atoms with Gasteiger partial charge in [0.05, 0.1) is 36.4 Å². The van der Waals surface area contributed by atoms with Crippen molar-refractivity contribution in [2.24, 2.45) is 23.7 Å². The number of aromatic nitrogens is 1. The fraction of sp³-hybridized carbons (Fsp3) is 0.571. The molecule has 2 fully saturated rings. The molecule has 2 N–H and O–H groups in total. The van der Waals surface area contributed by atoms with Gasteiger partial charge in [0.2, 0.25) is 11.8 Å². The van der Waals surface area contributed by atoms with E-state index < -0.39 is 0 Å². The monoisotopic (exact) mass is 605 g/mol. The molecular weight excluding hydrogens is 558 g/mol. The third-order valence-electron chi connectivity index (χ3n) is 8.83. The number of unbranched alkanes of at least 4 members (excludes halogenated alkanes) is 2. The number of ether oxygens (including phenoxy) is 2. The van der Waals surface area contributed by atoms with E-state index in [4.69, 9.17) is 9.47 Å². The zero-order chi connectivity index (χ0) is 31.3. The van der Waals surface area contributed by atoms with E-state index in [1.165, 1.54) is 0 Å². The predicted octanol–water partition coefficient (Wildman–Crippen LogP) is 6.93. The van der Waals surface area contributed by atoms with Crippen molar-refractivity contribution in [2.45, 2.75) is 90.9 Å². The van der Waals surface area contributed by atoms with Gasteiger partial charge in [0, 0.05) is 29.3 Å². The molecule has 0 spiro atoms. The smallest absolute Gasteiger partial charge is 0.308 e. The Morgan fingerprint density at radius 3 is 1.73 bits per heavy atom. The second kappa shape index (κ2) is 16.9. The van der Waals surface area contributed by atoms with Gasteiger partial charge in [0.15, 0.2) is 0 Å². The Morgan fingerprint density at radius 1 is 0.705 bits per heavy atom. The van der Waals surface area contributed by atoms with E-state index >= 15 is 0 Å². The Bertz CT molecular complexity index is 1250. The predicted molar refractivity (Wildman–Crippen MR) is 170 cm³/mol. The zero-order valence-electron chi connectivity index (χ0n) is 26.1. The van der Waals surface area contributed by atoms with Crippen LogP contribution in [0.4, 0.5) is 11.4 Å². The molecule has 0 saturated heterocycles. The molecule has 2 aromatic rings. The first-order valence-electron chi connectivity index (χ1n) is 16.4. The SMILES string of the molecule is CCCCOC(=O)C1CCC(C(=O)Nc2ccc(NC(=O)C3CCC(C(=O)OCCCC)CC3)c(-c3ccccn3)c2)CC1. The summed E-state index contributed by atoms with van der Waals surface area (Å²) in [6.45, 7) is 5.04. The molecule has 2 aliphatic rings. The van der Waals surface area contributed by atoms with Crippen LogP contribution in [0.1, 0.15) is 90.9 Å². The molecule has 0 bridgehead atoms. The van der Waals surface area contributed by atoms with Crippen LogP contribution in [0.2, 0.25) is 0 Å². The molecule has 1 aromatic carbocycles. The molecule has 2 amide bonds. The fourth-order valence-electron chi connectivity index (χ4n) is 6.00. The number of carbonyl (C=O) groups excluding carboxylic acids is 4. The average Bonchev–Trinajstić information content (AvgIpc) is 3.06. The van der Waals surface area contributed by atoms with Crippen molar-refractivity contribution in [3.63, 3.8) is 0 Å². The summed E-state index contributed by atoms with van der Waals surface area (Å²) < 4.78 is 10.8. The number of benzene rings is 1. The van der Waals surface area contributed by atoms with Crippen molar-refractivity contribution in [2.75, 3.05) is 23.8 Å². The van der Waals surface area contributed by atoms with Crippen LogP contribution in [-0.4, -0.2) is 42.0 Å². The van der Waals surface area contributed by atoms with Crippen LogP contribution in [0, 0.1) is 23.7 Å². The Hall–Kier alpha value is -3.75. The third-order valence-corrected chi connectivity index (χ3v) is 8.83. The molecule has 0 radical (unpaired) electrons. The molecule has 238 valence electrons. The van der Waals surface area contributed by atoms with Gasteiger partial charge >= 0.3 is 11.9 Å². The summed E-state index contributed by atoms with van der Waals surface area (Å²) in [6.07, 6.45) is 10.5. The van der Waals surface area contributed by atoms with E-state index in [-0.39, 0.29) is 47.4 Å². The van der Waals surface area contributed by atoms with Crippen LogP contribution >= 0.6 is 0 Å². The second-order valence-corrected chi connectivity index (χ2v) is 12.1. The number of hydrogen-bond acceptors (Lipinski definition) is 7. The Balaban J connectivity index is 1.35.